The van der Waals surface area contributed by atoms with E-state index in [1.54, 1.807) is 0 Å². The number of hydrogen-bond acceptors (Lipinski definition) is 3. The average Bonchev–Trinajstić information content (AvgIpc) is 3.21. The third-order valence-electron chi connectivity index (χ3n) is 3.62. The van der Waals surface area contributed by atoms with Crippen LogP contribution in [0.25, 0.3) is 0 Å². The van der Waals surface area contributed by atoms with E-state index in [0.29, 0.717) is 11.8 Å². The van der Waals surface area contributed by atoms with Crippen LogP contribution in [0.5, 0.6) is 5.75 Å². The summed E-state index contributed by atoms with van der Waals surface area (Å²) in [6, 6.07) is 6.20. The largest absolute Gasteiger partial charge is 0.478 e. The molecule has 19 heavy (non-hydrogen) atoms. The highest BCUT2D eigenvalue weighted by molar-refractivity contribution is 5.76. The van der Waals surface area contributed by atoms with Gasteiger partial charge in [-0.25, -0.2) is 4.79 Å². The fraction of sp³-hybridized carbons (Fsp3) is 0.562. The number of carbonyl (C=O) groups excluding carboxylic acids is 1. The van der Waals surface area contributed by atoms with E-state index in [9.17, 15) is 4.79 Å². The zero-order valence-corrected chi connectivity index (χ0v) is 12.1. The van der Waals surface area contributed by atoms with Crippen LogP contribution < -0.4 is 4.74 Å². The van der Waals surface area contributed by atoms with Gasteiger partial charge in [0.15, 0.2) is 6.10 Å². The molecular weight excluding hydrogens is 240 g/mol. The van der Waals surface area contributed by atoms with Crippen molar-refractivity contribution in [2.24, 2.45) is 5.92 Å². The van der Waals surface area contributed by atoms with Crippen LogP contribution in [0.2, 0.25) is 0 Å². The summed E-state index contributed by atoms with van der Waals surface area (Å²) in [5.74, 6) is 1.29. The molecule has 1 aromatic carbocycles. The van der Waals surface area contributed by atoms with Crippen molar-refractivity contribution in [1.29, 1.82) is 0 Å². The molecule has 1 atom stereocenters. The lowest BCUT2D eigenvalue weighted by Crippen LogP contribution is -2.31. The van der Waals surface area contributed by atoms with Crippen molar-refractivity contribution in [3.8, 4) is 5.75 Å². The standard InChI is InChI=1S/C16H22O3/c1-10(2)13-6-5-11(3)14(9-13)19-15(12-7-8-12)16(17)18-4/h5-6,9-10,12,15H,7-8H2,1-4H3. The molecule has 0 saturated heterocycles. The van der Waals surface area contributed by atoms with E-state index in [1.165, 1.54) is 12.7 Å². The van der Waals surface area contributed by atoms with E-state index < -0.39 is 6.10 Å². The summed E-state index contributed by atoms with van der Waals surface area (Å²) in [5, 5.41) is 0. The van der Waals surface area contributed by atoms with Crippen molar-refractivity contribution in [3.05, 3.63) is 29.3 Å². The summed E-state index contributed by atoms with van der Waals surface area (Å²) >= 11 is 0. The maximum atomic E-state index is 11.8. The third kappa shape index (κ3) is 3.28. The average molecular weight is 262 g/mol. The molecule has 1 aromatic rings. The third-order valence-corrected chi connectivity index (χ3v) is 3.62. The molecule has 0 aromatic heterocycles. The van der Waals surface area contributed by atoms with Crippen molar-refractivity contribution >= 4 is 5.97 Å². The highest BCUT2D eigenvalue weighted by atomic mass is 16.6. The van der Waals surface area contributed by atoms with E-state index in [4.69, 9.17) is 9.47 Å². The highest BCUT2D eigenvalue weighted by Gasteiger charge is 2.39. The summed E-state index contributed by atoms with van der Waals surface area (Å²) in [6.45, 7) is 6.29. The predicted octanol–water partition coefficient (Wildman–Crippen LogP) is 3.45. The van der Waals surface area contributed by atoms with Gasteiger partial charge in [-0.05, 0) is 42.9 Å². The lowest BCUT2D eigenvalue weighted by atomic mass is 10.0. The van der Waals surface area contributed by atoms with Gasteiger partial charge < -0.3 is 9.47 Å². The van der Waals surface area contributed by atoms with Gasteiger partial charge in [0.05, 0.1) is 7.11 Å². The molecule has 1 aliphatic carbocycles. The van der Waals surface area contributed by atoms with E-state index in [-0.39, 0.29) is 5.97 Å². The van der Waals surface area contributed by atoms with Crippen LogP contribution in [0.4, 0.5) is 0 Å². The zero-order chi connectivity index (χ0) is 14.0. The lowest BCUT2D eigenvalue weighted by molar-refractivity contribution is -0.149. The summed E-state index contributed by atoms with van der Waals surface area (Å²) in [6.07, 6.45) is 1.64. The topological polar surface area (TPSA) is 35.5 Å². The van der Waals surface area contributed by atoms with Gasteiger partial charge in [-0.2, -0.15) is 0 Å². The molecule has 1 aliphatic rings. The van der Waals surface area contributed by atoms with Gasteiger partial charge in [0, 0.05) is 5.92 Å². The molecular formula is C16H22O3. The minimum atomic E-state index is -0.453. The lowest BCUT2D eigenvalue weighted by Gasteiger charge is -2.19. The van der Waals surface area contributed by atoms with Gasteiger partial charge in [-0.1, -0.05) is 26.0 Å². The number of hydrogen-bond donors (Lipinski definition) is 0. The van der Waals surface area contributed by atoms with Crippen molar-refractivity contribution < 1.29 is 14.3 Å². The molecule has 0 N–H and O–H groups in total. The van der Waals surface area contributed by atoms with E-state index in [0.717, 1.165) is 24.2 Å². The predicted molar refractivity (Wildman–Crippen MR) is 74.4 cm³/mol. The van der Waals surface area contributed by atoms with Crippen LogP contribution in [0, 0.1) is 12.8 Å². The quantitative estimate of drug-likeness (QED) is 0.762. The number of carbonyl (C=O) groups is 1. The highest BCUT2D eigenvalue weighted by Crippen LogP contribution is 2.36. The molecule has 1 unspecified atom stereocenters. The molecule has 0 heterocycles. The smallest absolute Gasteiger partial charge is 0.347 e. The normalized spacial score (nSPS) is 16.3. The summed E-state index contributed by atoms with van der Waals surface area (Å²) in [5.41, 5.74) is 2.28. The zero-order valence-electron chi connectivity index (χ0n) is 12.1. The molecule has 1 saturated carbocycles. The Morgan fingerprint density at radius 2 is 2.00 bits per heavy atom. The second-order valence-electron chi connectivity index (χ2n) is 5.58. The number of esters is 1. The molecule has 0 amide bonds. The van der Waals surface area contributed by atoms with Crippen LogP contribution in [0.15, 0.2) is 18.2 Å². The van der Waals surface area contributed by atoms with Crippen molar-refractivity contribution in [3.63, 3.8) is 0 Å². The Balaban J connectivity index is 2.20. The summed E-state index contributed by atoms with van der Waals surface area (Å²) < 4.78 is 10.8. The minimum absolute atomic E-state index is 0.267. The molecule has 0 bridgehead atoms. The first kappa shape index (κ1) is 13.9. The second kappa shape index (κ2) is 5.64. The second-order valence-corrected chi connectivity index (χ2v) is 5.58. The molecule has 3 heteroatoms. The van der Waals surface area contributed by atoms with Crippen LogP contribution in [-0.2, 0) is 9.53 Å². The van der Waals surface area contributed by atoms with Crippen LogP contribution in [0.3, 0.4) is 0 Å². The Bertz CT molecular complexity index is 461. The first-order valence-electron chi connectivity index (χ1n) is 6.88. The Hall–Kier alpha value is -1.51. The molecule has 1 fully saturated rings. The SMILES string of the molecule is COC(=O)C(Oc1cc(C(C)C)ccc1C)C1CC1. The molecule has 0 spiro atoms. The van der Waals surface area contributed by atoms with Crippen LogP contribution in [-0.4, -0.2) is 19.2 Å². The van der Waals surface area contributed by atoms with Crippen molar-refractivity contribution in [1.82, 2.24) is 0 Å². The minimum Gasteiger partial charge on any atom is -0.478 e. The van der Waals surface area contributed by atoms with Gasteiger partial charge in [-0.15, -0.1) is 0 Å². The molecule has 3 nitrogen and oxygen atoms in total. The Morgan fingerprint density at radius 1 is 1.32 bits per heavy atom. The maximum absolute atomic E-state index is 11.8. The van der Waals surface area contributed by atoms with E-state index in [2.05, 4.69) is 19.9 Å². The summed E-state index contributed by atoms with van der Waals surface area (Å²) in [4.78, 5) is 11.8. The van der Waals surface area contributed by atoms with E-state index in [1.807, 2.05) is 19.1 Å². The van der Waals surface area contributed by atoms with Gasteiger partial charge >= 0.3 is 5.97 Å². The monoisotopic (exact) mass is 262 g/mol. The van der Waals surface area contributed by atoms with Crippen LogP contribution in [0.1, 0.15) is 43.7 Å². The molecule has 104 valence electrons. The number of benzene rings is 1. The van der Waals surface area contributed by atoms with E-state index >= 15 is 0 Å². The van der Waals surface area contributed by atoms with Crippen LogP contribution >= 0.6 is 0 Å². The first-order valence-corrected chi connectivity index (χ1v) is 6.88. The fourth-order valence-electron chi connectivity index (χ4n) is 2.09. The van der Waals surface area contributed by atoms with Crippen molar-refractivity contribution in [2.75, 3.05) is 7.11 Å². The Labute approximate surface area is 114 Å². The molecule has 0 aliphatic heterocycles. The number of rotatable bonds is 5. The van der Waals surface area contributed by atoms with Gasteiger partial charge in [0.1, 0.15) is 5.75 Å². The number of ether oxygens (including phenoxy) is 2. The molecule has 2 rings (SSSR count). The maximum Gasteiger partial charge on any atom is 0.347 e. The number of aryl methyl sites for hydroxylation is 1. The molecule has 0 radical (unpaired) electrons. The summed E-state index contributed by atoms with van der Waals surface area (Å²) in [7, 11) is 1.42. The van der Waals surface area contributed by atoms with Gasteiger partial charge in [-0.3, -0.25) is 0 Å². The Morgan fingerprint density at radius 3 is 2.53 bits per heavy atom. The van der Waals surface area contributed by atoms with Crippen molar-refractivity contribution in [2.45, 2.75) is 45.6 Å². The van der Waals surface area contributed by atoms with Gasteiger partial charge in [0.2, 0.25) is 0 Å². The Kier molecular flexibility index (Phi) is 4.13. The number of methoxy groups -OCH3 is 1. The first-order chi connectivity index (χ1) is 9.02. The van der Waals surface area contributed by atoms with Gasteiger partial charge in [0.25, 0.3) is 0 Å². The fourth-order valence-corrected chi connectivity index (χ4v) is 2.09.